The van der Waals surface area contributed by atoms with Crippen LogP contribution in [0, 0.1) is 27.7 Å². The third kappa shape index (κ3) is 5.31. The van der Waals surface area contributed by atoms with Crippen molar-refractivity contribution < 1.29 is 0 Å². The average molecular weight is 694 g/mol. The minimum Gasteiger partial charge on any atom is -0.309 e. The van der Waals surface area contributed by atoms with Crippen LogP contribution < -0.4 is 4.90 Å². The Labute approximate surface area is 319 Å². The van der Waals surface area contributed by atoms with E-state index in [2.05, 4.69) is 221 Å². The summed E-state index contributed by atoms with van der Waals surface area (Å²) in [6, 6.07) is 69.2. The second-order valence-electron chi connectivity index (χ2n) is 14.7. The van der Waals surface area contributed by atoms with Gasteiger partial charge in [-0.1, -0.05) is 164 Å². The number of rotatable bonds is 7. The molecule has 0 amide bonds. The summed E-state index contributed by atoms with van der Waals surface area (Å²) in [6.45, 7) is 9.14. The first-order valence-corrected chi connectivity index (χ1v) is 18.9. The highest BCUT2D eigenvalue weighted by atomic mass is 15.1. The molecule has 1 nitrogen and oxygen atoms in total. The van der Waals surface area contributed by atoms with Gasteiger partial charge in [0, 0.05) is 16.8 Å². The van der Waals surface area contributed by atoms with E-state index in [1.54, 1.807) is 0 Å². The van der Waals surface area contributed by atoms with Crippen molar-refractivity contribution in [3.05, 3.63) is 233 Å². The van der Waals surface area contributed by atoms with Crippen molar-refractivity contribution in [3.8, 4) is 33.4 Å². The molecule has 260 valence electrons. The fraction of sp³-hybridized carbons (Fsp3) is 0.0943. The van der Waals surface area contributed by atoms with E-state index in [1.165, 1.54) is 83.6 Å². The minimum atomic E-state index is -0.516. The van der Waals surface area contributed by atoms with Crippen LogP contribution >= 0.6 is 0 Å². The van der Waals surface area contributed by atoms with Crippen molar-refractivity contribution >= 4 is 17.1 Å². The maximum atomic E-state index is 2.52. The molecule has 0 radical (unpaired) electrons. The van der Waals surface area contributed by atoms with E-state index in [9.17, 15) is 0 Å². The van der Waals surface area contributed by atoms with Gasteiger partial charge in [0.05, 0.1) is 16.8 Å². The lowest BCUT2D eigenvalue weighted by Gasteiger charge is -2.36. The zero-order valence-corrected chi connectivity index (χ0v) is 31.3. The van der Waals surface area contributed by atoms with Gasteiger partial charge in [0.2, 0.25) is 0 Å². The maximum absolute atomic E-state index is 2.52. The number of aryl methyl sites for hydroxylation is 3. The zero-order valence-electron chi connectivity index (χ0n) is 31.3. The number of hydrogen-bond donors (Lipinski definition) is 0. The van der Waals surface area contributed by atoms with Gasteiger partial charge in [0.1, 0.15) is 0 Å². The molecule has 0 saturated heterocycles. The predicted octanol–water partition coefficient (Wildman–Crippen LogP) is 14.1. The van der Waals surface area contributed by atoms with Crippen molar-refractivity contribution in [3.63, 3.8) is 0 Å². The molecule has 1 aliphatic rings. The summed E-state index contributed by atoms with van der Waals surface area (Å²) in [5, 5.41) is 0. The van der Waals surface area contributed by atoms with Crippen molar-refractivity contribution in [1.29, 1.82) is 0 Å². The van der Waals surface area contributed by atoms with Gasteiger partial charge in [-0.2, -0.15) is 0 Å². The molecule has 0 spiro atoms. The van der Waals surface area contributed by atoms with Crippen molar-refractivity contribution in [1.82, 2.24) is 0 Å². The van der Waals surface area contributed by atoms with Crippen LogP contribution in [0.15, 0.2) is 188 Å². The first-order valence-electron chi connectivity index (χ1n) is 18.9. The van der Waals surface area contributed by atoms with E-state index in [-0.39, 0.29) is 0 Å². The summed E-state index contributed by atoms with van der Waals surface area (Å²) in [5.74, 6) is 0. The standard InChI is InChI=1S/C53H43N/c1-36-33-47-48(34-37(36)2)53(43-23-13-7-14-24-43,44-25-15-8-16-26-44)52-39(4)38(3)35-50(51(47)52)54(45-31-29-41(30-32-45)40-19-9-5-10-20-40)49-28-18-17-27-46(49)42-21-11-6-12-22-42/h5-35H,1-4H3. The Hall–Kier alpha value is -6.44. The fourth-order valence-electron chi connectivity index (χ4n) is 8.80. The normalized spacial score (nSPS) is 12.6. The SMILES string of the molecule is Cc1cc2c(cc1C)C(c1ccccc1)(c1ccccc1)c1c(C)c(C)cc(N(c3ccc(-c4ccccc4)cc3)c3ccccc3-c3ccccc3)c1-2. The Morgan fingerprint density at radius 2 is 0.889 bits per heavy atom. The molecular weight excluding hydrogens is 651 g/mol. The van der Waals surface area contributed by atoms with Crippen molar-refractivity contribution in [2.24, 2.45) is 0 Å². The highest BCUT2D eigenvalue weighted by Gasteiger charge is 2.49. The van der Waals surface area contributed by atoms with E-state index in [0.29, 0.717) is 0 Å². The maximum Gasteiger partial charge on any atom is 0.0717 e. The zero-order chi connectivity index (χ0) is 36.8. The molecule has 1 aliphatic carbocycles. The van der Waals surface area contributed by atoms with Crippen LogP contribution in [-0.2, 0) is 5.41 Å². The number of anilines is 3. The molecule has 1 heteroatoms. The Morgan fingerprint density at radius 3 is 1.50 bits per heavy atom. The molecular formula is C53H43N. The Morgan fingerprint density at radius 1 is 0.389 bits per heavy atom. The van der Waals surface area contributed by atoms with Crippen molar-refractivity contribution in [2.75, 3.05) is 4.90 Å². The van der Waals surface area contributed by atoms with E-state index in [4.69, 9.17) is 0 Å². The molecule has 0 unspecified atom stereocenters. The van der Waals surface area contributed by atoms with Crippen molar-refractivity contribution in [2.45, 2.75) is 33.1 Å². The monoisotopic (exact) mass is 693 g/mol. The molecule has 0 aliphatic heterocycles. The van der Waals surface area contributed by atoms with Gasteiger partial charge in [-0.15, -0.1) is 0 Å². The summed E-state index contributed by atoms with van der Waals surface area (Å²) in [4.78, 5) is 2.52. The molecule has 0 fully saturated rings. The molecule has 9 rings (SSSR count). The van der Waals surface area contributed by atoms with E-state index < -0.39 is 5.41 Å². The predicted molar refractivity (Wildman–Crippen MR) is 228 cm³/mol. The summed E-state index contributed by atoms with van der Waals surface area (Å²) in [7, 11) is 0. The highest BCUT2D eigenvalue weighted by molar-refractivity contribution is 6.01. The smallest absolute Gasteiger partial charge is 0.0717 e. The Kier molecular flexibility index (Phi) is 8.36. The topological polar surface area (TPSA) is 3.24 Å². The Bertz CT molecular complexity index is 2570. The second-order valence-corrected chi connectivity index (χ2v) is 14.7. The number of nitrogens with zero attached hydrogens (tertiary/aromatic N) is 1. The molecule has 54 heavy (non-hydrogen) atoms. The number of fused-ring (bicyclic) bond motifs is 3. The molecule has 0 aromatic heterocycles. The third-order valence-corrected chi connectivity index (χ3v) is 11.6. The number of para-hydroxylation sites is 1. The van der Waals surface area contributed by atoms with Gasteiger partial charge >= 0.3 is 0 Å². The lowest BCUT2D eigenvalue weighted by Crippen LogP contribution is -2.30. The largest absolute Gasteiger partial charge is 0.309 e. The molecule has 0 heterocycles. The third-order valence-electron chi connectivity index (χ3n) is 11.6. The summed E-state index contributed by atoms with van der Waals surface area (Å²) >= 11 is 0. The van der Waals surface area contributed by atoms with Gasteiger partial charge in [-0.3, -0.25) is 0 Å². The summed E-state index contributed by atoms with van der Waals surface area (Å²) in [5.41, 5.74) is 20.7. The molecule has 0 bridgehead atoms. The molecule has 0 saturated carbocycles. The van der Waals surface area contributed by atoms with Gasteiger partial charge in [0.15, 0.2) is 0 Å². The fourth-order valence-corrected chi connectivity index (χ4v) is 8.80. The minimum absolute atomic E-state index is 0.516. The van der Waals surface area contributed by atoms with E-state index in [1.807, 2.05) is 0 Å². The quantitative estimate of drug-likeness (QED) is 0.161. The van der Waals surface area contributed by atoms with Gasteiger partial charge in [-0.25, -0.2) is 0 Å². The van der Waals surface area contributed by atoms with Crippen LogP contribution in [0.25, 0.3) is 33.4 Å². The van der Waals surface area contributed by atoms with Crippen LogP contribution in [0.3, 0.4) is 0 Å². The lowest BCUT2D eigenvalue weighted by molar-refractivity contribution is 0.759. The number of hydrogen-bond acceptors (Lipinski definition) is 1. The van der Waals surface area contributed by atoms with Crippen LogP contribution in [0.4, 0.5) is 17.1 Å². The highest BCUT2D eigenvalue weighted by Crippen LogP contribution is 2.61. The average Bonchev–Trinajstić information content (AvgIpc) is 3.52. The van der Waals surface area contributed by atoms with Crippen LogP contribution in [0.5, 0.6) is 0 Å². The molecule has 0 atom stereocenters. The molecule has 0 N–H and O–H groups in total. The van der Waals surface area contributed by atoms with E-state index >= 15 is 0 Å². The lowest BCUT2D eigenvalue weighted by atomic mass is 9.66. The van der Waals surface area contributed by atoms with Gasteiger partial charge in [0.25, 0.3) is 0 Å². The van der Waals surface area contributed by atoms with Crippen LogP contribution in [-0.4, -0.2) is 0 Å². The first-order chi connectivity index (χ1) is 26.5. The van der Waals surface area contributed by atoms with E-state index in [0.717, 1.165) is 11.4 Å². The molecule has 8 aromatic rings. The van der Waals surface area contributed by atoms with Gasteiger partial charge < -0.3 is 4.90 Å². The molecule has 8 aromatic carbocycles. The first kappa shape index (κ1) is 33.4. The Balaban J connectivity index is 1.42. The van der Waals surface area contributed by atoms with Crippen LogP contribution in [0.1, 0.15) is 44.5 Å². The van der Waals surface area contributed by atoms with Gasteiger partial charge in [-0.05, 0) is 119 Å². The number of benzene rings is 8. The summed E-state index contributed by atoms with van der Waals surface area (Å²) < 4.78 is 0. The second kappa shape index (κ2) is 13.5. The van der Waals surface area contributed by atoms with Crippen LogP contribution in [0.2, 0.25) is 0 Å². The summed E-state index contributed by atoms with van der Waals surface area (Å²) in [6.07, 6.45) is 0.